The molecule has 1 amide bonds. The molecule has 3 heterocycles. The molecule has 128 valence electrons. The van der Waals surface area contributed by atoms with Gasteiger partial charge in [-0.15, -0.1) is 0 Å². The van der Waals surface area contributed by atoms with E-state index in [-0.39, 0.29) is 11.9 Å². The van der Waals surface area contributed by atoms with Crippen LogP contribution in [0.2, 0.25) is 0 Å². The van der Waals surface area contributed by atoms with Gasteiger partial charge in [0.05, 0.1) is 13.2 Å². The summed E-state index contributed by atoms with van der Waals surface area (Å²) in [5.41, 5.74) is 0. The lowest BCUT2D eigenvalue weighted by Crippen LogP contribution is -2.49. The van der Waals surface area contributed by atoms with Gasteiger partial charge in [0.1, 0.15) is 0 Å². The molecule has 0 unspecified atom stereocenters. The van der Waals surface area contributed by atoms with Gasteiger partial charge in [-0.1, -0.05) is 0 Å². The average Bonchev–Trinajstić information content (AvgIpc) is 3.05. The fourth-order valence-electron chi connectivity index (χ4n) is 3.45. The molecular formula is C17H25NO5. The summed E-state index contributed by atoms with van der Waals surface area (Å²) in [4.78, 5) is 12.4. The highest BCUT2D eigenvalue weighted by Crippen LogP contribution is 2.30. The first-order valence-electron chi connectivity index (χ1n) is 8.47. The molecule has 6 heteroatoms. The van der Waals surface area contributed by atoms with Crippen molar-refractivity contribution >= 4 is 5.91 Å². The topological polar surface area (TPSA) is 69.9 Å². The fraction of sp³-hybridized carbons (Fsp3) is 0.706. The fourth-order valence-corrected chi connectivity index (χ4v) is 3.45. The molecule has 1 aromatic heterocycles. The van der Waals surface area contributed by atoms with Crippen molar-refractivity contribution in [2.45, 2.75) is 32.2 Å². The van der Waals surface area contributed by atoms with E-state index in [9.17, 15) is 4.79 Å². The number of hydrogen-bond acceptors (Lipinski definition) is 5. The summed E-state index contributed by atoms with van der Waals surface area (Å²) < 4.78 is 21.8. The maximum absolute atomic E-state index is 12.4. The minimum Gasteiger partial charge on any atom is -0.465 e. The van der Waals surface area contributed by atoms with Crippen LogP contribution in [0.5, 0.6) is 5.95 Å². The Morgan fingerprint density at radius 1 is 1.22 bits per heavy atom. The molecule has 3 rings (SSSR count). The van der Waals surface area contributed by atoms with Gasteiger partial charge in [0.15, 0.2) is 5.76 Å². The van der Waals surface area contributed by atoms with E-state index in [0.29, 0.717) is 43.4 Å². The van der Waals surface area contributed by atoms with E-state index < -0.39 is 0 Å². The van der Waals surface area contributed by atoms with E-state index in [1.54, 1.807) is 12.1 Å². The zero-order valence-electron chi connectivity index (χ0n) is 13.6. The number of rotatable bonds is 5. The Balaban J connectivity index is 1.62. The summed E-state index contributed by atoms with van der Waals surface area (Å²) in [6.07, 6.45) is 2.91. The first kappa shape index (κ1) is 16.3. The molecule has 6 nitrogen and oxygen atoms in total. The SMILES string of the molecule is CCOc1ccc(C(=O)N[C@@H]2CCOC[C@@H]2C2CCOCC2)o1. The Kier molecular flexibility index (Phi) is 5.56. The predicted octanol–water partition coefficient (Wildman–Crippen LogP) is 2.24. The standard InChI is InChI=1S/C17H25NO5/c1-2-22-16-4-3-15(23-16)17(19)18-14-7-10-21-11-13(14)12-5-8-20-9-6-12/h3-4,12-14H,2,5-11H2,1H3,(H,18,19)/t13-,14-/m1/s1. The molecule has 0 saturated carbocycles. The first-order valence-corrected chi connectivity index (χ1v) is 8.47. The minimum atomic E-state index is -0.181. The van der Waals surface area contributed by atoms with Gasteiger partial charge in [0.25, 0.3) is 11.9 Å². The Morgan fingerprint density at radius 3 is 2.78 bits per heavy atom. The third-order valence-corrected chi connectivity index (χ3v) is 4.68. The van der Waals surface area contributed by atoms with Crippen LogP contribution in [0.4, 0.5) is 0 Å². The van der Waals surface area contributed by atoms with Crippen LogP contribution in [-0.2, 0) is 9.47 Å². The normalized spacial score (nSPS) is 26.0. The second kappa shape index (κ2) is 7.84. The number of amides is 1. The van der Waals surface area contributed by atoms with Crippen LogP contribution >= 0.6 is 0 Å². The Bertz CT molecular complexity index is 509. The highest BCUT2D eigenvalue weighted by atomic mass is 16.6. The molecule has 0 radical (unpaired) electrons. The van der Waals surface area contributed by atoms with Crippen molar-refractivity contribution in [2.24, 2.45) is 11.8 Å². The number of furan rings is 1. The van der Waals surface area contributed by atoms with Gasteiger partial charge in [-0.05, 0) is 38.2 Å². The number of carbonyl (C=O) groups excluding carboxylic acids is 1. The lowest BCUT2D eigenvalue weighted by atomic mass is 9.79. The van der Waals surface area contributed by atoms with E-state index in [4.69, 9.17) is 18.6 Å². The molecule has 0 bridgehead atoms. The van der Waals surface area contributed by atoms with Crippen LogP contribution in [0.25, 0.3) is 0 Å². The van der Waals surface area contributed by atoms with Crippen molar-refractivity contribution in [2.75, 3.05) is 33.0 Å². The summed E-state index contributed by atoms with van der Waals surface area (Å²) in [6.45, 7) is 5.39. The monoisotopic (exact) mass is 323 g/mol. The summed E-state index contributed by atoms with van der Waals surface area (Å²) in [5, 5.41) is 3.13. The van der Waals surface area contributed by atoms with Crippen LogP contribution in [0.15, 0.2) is 16.5 Å². The van der Waals surface area contributed by atoms with Crippen LogP contribution < -0.4 is 10.1 Å². The van der Waals surface area contributed by atoms with E-state index in [0.717, 1.165) is 32.5 Å². The Morgan fingerprint density at radius 2 is 2.00 bits per heavy atom. The van der Waals surface area contributed by atoms with Gasteiger partial charge in [0.2, 0.25) is 0 Å². The van der Waals surface area contributed by atoms with E-state index in [1.807, 2.05) is 6.92 Å². The van der Waals surface area contributed by atoms with Crippen molar-refractivity contribution < 1.29 is 23.4 Å². The van der Waals surface area contributed by atoms with Crippen LogP contribution in [0, 0.1) is 11.8 Å². The van der Waals surface area contributed by atoms with Gasteiger partial charge in [0, 0.05) is 37.8 Å². The first-order chi connectivity index (χ1) is 11.3. The van der Waals surface area contributed by atoms with E-state index >= 15 is 0 Å². The zero-order valence-corrected chi connectivity index (χ0v) is 13.6. The molecule has 0 spiro atoms. The number of carbonyl (C=O) groups is 1. The van der Waals surface area contributed by atoms with Gasteiger partial charge < -0.3 is 23.9 Å². The van der Waals surface area contributed by atoms with Crippen molar-refractivity contribution in [3.63, 3.8) is 0 Å². The zero-order chi connectivity index (χ0) is 16.1. The van der Waals surface area contributed by atoms with Crippen LogP contribution in [-0.4, -0.2) is 45.0 Å². The molecule has 2 saturated heterocycles. The molecule has 1 aromatic rings. The molecule has 23 heavy (non-hydrogen) atoms. The van der Waals surface area contributed by atoms with Gasteiger partial charge >= 0.3 is 0 Å². The van der Waals surface area contributed by atoms with Crippen LogP contribution in [0.3, 0.4) is 0 Å². The minimum absolute atomic E-state index is 0.125. The highest BCUT2D eigenvalue weighted by molar-refractivity contribution is 5.91. The van der Waals surface area contributed by atoms with Crippen molar-refractivity contribution in [3.8, 4) is 5.95 Å². The molecule has 2 aliphatic heterocycles. The summed E-state index contributed by atoms with van der Waals surface area (Å²) in [6, 6.07) is 3.46. The average molecular weight is 323 g/mol. The quantitative estimate of drug-likeness (QED) is 0.900. The number of hydrogen-bond donors (Lipinski definition) is 1. The van der Waals surface area contributed by atoms with Gasteiger partial charge in [-0.3, -0.25) is 4.79 Å². The molecule has 0 aromatic carbocycles. The third-order valence-electron chi connectivity index (χ3n) is 4.68. The molecule has 2 fully saturated rings. The smallest absolute Gasteiger partial charge is 0.287 e. The lowest BCUT2D eigenvalue weighted by molar-refractivity contribution is -0.0261. The van der Waals surface area contributed by atoms with Crippen LogP contribution in [0.1, 0.15) is 36.7 Å². The third kappa shape index (κ3) is 4.06. The predicted molar refractivity (Wildman–Crippen MR) is 83.6 cm³/mol. The number of ether oxygens (including phenoxy) is 3. The lowest BCUT2D eigenvalue weighted by Gasteiger charge is -2.38. The Labute approximate surface area is 136 Å². The number of nitrogens with one attached hydrogen (secondary N) is 1. The van der Waals surface area contributed by atoms with Crippen molar-refractivity contribution in [1.29, 1.82) is 0 Å². The Hall–Kier alpha value is -1.53. The van der Waals surface area contributed by atoms with Crippen molar-refractivity contribution in [1.82, 2.24) is 5.32 Å². The van der Waals surface area contributed by atoms with Crippen molar-refractivity contribution in [3.05, 3.63) is 17.9 Å². The second-order valence-electron chi connectivity index (χ2n) is 6.11. The molecular weight excluding hydrogens is 298 g/mol. The maximum Gasteiger partial charge on any atom is 0.287 e. The molecule has 1 N–H and O–H groups in total. The maximum atomic E-state index is 12.4. The second-order valence-corrected chi connectivity index (χ2v) is 6.11. The molecule has 2 atom stereocenters. The molecule has 0 aliphatic carbocycles. The van der Waals surface area contributed by atoms with E-state index in [2.05, 4.69) is 5.32 Å². The summed E-state index contributed by atoms with van der Waals surface area (Å²) in [5.74, 6) is 1.39. The van der Waals surface area contributed by atoms with E-state index in [1.165, 1.54) is 0 Å². The largest absolute Gasteiger partial charge is 0.465 e. The van der Waals surface area contributed by atoms with Gasteiger partial charge in [-0.25, -0.2) is 0 Å². The summed E-state index contributed by atoms with van der Waals surface area (Å²) in [7, 11) is 0. The summed E-state index contributed by atoms with van der Waals surface area (Å²) >= 11 is 0. The molecule has 2 aliphatic rings. The van der Waals surface area contributed by atoms with Gasteiger partial charge in [-0.2, -0.15) is 0 Å². The highest BCUT2D eigenvalue weighted by Gasteiger charge is 2.34.